The molecule has 112 valence electrons. The number of carbonyl (C=O) groups excluding carboxylic acids is 1. The van der Waals surface area contributed by atoms with Gasteiger partial charge in [-0.05, 0) is 42.3 Å². The first-order valence-electron chi connectivity index (χ1n) is 6.92. The van der Waals surface area contributed by atoms with E-state index in [1.54, 1.807) is 11.3 Å². The Balaban J connectivity index is 2.38. The van der Waals surface area contributed by atoms with Gasteiger partial charge in [0.2, 0.25) is 5.91 Å². The second kappa shape index (κ2) is 6.13. The molecule has 1 amide bonds. The summed E-state index contributed by atoms with van der Waals surface area (Å²) in [6, 6.07) is 2.22. The molecule has 0 saturated carbocycles. The monoisotopic (exact) mass is 359 g/mol. The third-order valence-electron chi connectivity index (χ3n) is 4.00. The van der Waals surface area contributed by atoms with Crippen LogP contribution < -0.4 is 11.1 Å². The number of nitrogens with zero attached hydrogens (tertiary/aromatic N) is 1. The summed E-state index contributed by atoms with van der Waals surface area (Å²) < 4.78 is 1.07. The summed E-state index contributed by atoms with van der Waals surface area (Å²) >= 11 is 5.20. The largest absolute Gasteiger partial charge is 0.353 e. The molecule has 1 aromatic heterocycles. The molecule has 6 heteroatoms. The van der Waals surface area contributed by atoms with Gasteiger partial charge in [0.25, 0.3) is 0 Å². The molecule has 0 spiro atoms. The molecule has 4 nitrogen and oxygen atoms in total. The van der Waals surface area contributed by atoms with Gasteiger partial charge in [-0.3, -0.25) is 9.69 Å². The van der Waals surface area contributed by atoms with Gasteiger partial charge in [0.1, 0.15) is 0 Å². The molecule has 2 atom stereocenters. The third-order valence-corrected chi connectivity index (χ3v) is 5.77. The number of thiophene rings is 1. The Morgan fingerprint density at radius 2 is 2.30 bits per heavy atom. The first-order valence-corrected chi connectivity index (χ1v) is 8.59. The summed E-state index contributed by atoms with van der Waals surface area (Å²) in [5.74, 6) is 0.0766. The Morgan fingerprint density at radius 3 is 2.85 bits per heavy atom. The molecule has 1 aromatic rings. The van der Waals surface area contributed by atoms with Gasteiger partial charge in [0, 0.05) is 33.9 Å². The lowest BCUT2D eigenvalue weighted by Gasteiger charge is -2.47. The van der Waals surface area contributed by atoms with Crippen LogP contribution >= 0.6 is 27.3 Å². The standard InChI is InChI=1S/C14H22BrN3OS/c1-4-10(16)12(11-7-9(15)8-20-11)18-6-5-17-13(19)14(18,2)3/h7-8,10,12H,4-6,16H2,1-3H3,(H,17,19). The minimum Gasteiger partial charge on any atom is -0.353 e. The maximum atomic E-state index is 12.2. The van der Waals surface area contributed by atoms with Crippen molar-refractivity contribution in [2.45, 2.75) is 44.8 Å². The van der Waals surface area contributed by atoms with Crippen molar-refractivity contribution in [1.82, 2.24) is 10.2 Å². The molecule has 0 bridgehead atoms. The van der Waals surface area contributed by atoms with Crippen LogP contribution in [0.15, 0.2) is 15.9 Å². The van der Waals surface area contributed by atoms with Crippen molar-refractivity contribution in [1.29, 1.82) is 0 Å². The smallest absolute Gasteiger partial charge is 0.240 e. The highest BCUT2D eigenvalue weighted by molar-refractivity contribution is 9.10. The summed E-state index contributed by atoms with van der Waals surface area (Å²) in [4.78, 5) is 15.6. The van der Waals surface area contributed by atoms with E-state index in [9.17, 15) is 4.79 Å². The van der Waals surface area contributed by atoms with Gasteiger partial charge in [0.05, 0.1) is 11.6 Å². The highest BCUT2D eigenvalue weighted by Crippen LogP contribution is 2.36. The number of piperazine rings is 1. The highest BCUT2D eigenvalue weighted by atomic mass is 79.9. The SMILES string of the molecule is CCC(N)C(c1cc(Br)cs1)N1CCNC(=O)C1(C)C. The molecule has 1 saturated heterocycles. The van der Waals surface area contributed by atoms with Gasteiger partial charge in [-0.25, -0.2) is 0 Å². The van der Waals surface area contributed by atoms with E-state index in [0.717, 1.165) is 17.4 Å². The van der Waals surface area contributed by atoms with Crippen molar-refractivity contribution in [3.05, 3.63) is 20.8 Å². The zero-order chi connectivity index (χ0) is 14.9. The Morgan fingerprint density at radius 1 is 1.60 bits per heavy atom. The summed E-state index contributed by atoms with van der Waals surface area (Å²) in [5.41, 5.74) is 5.84. The van der Waals surface area contributed by atoms with E-state index in [1.807, 2.05) is 13.8 Å². The Labute approximate surface area is 132 Å². The van der Waals surface area contributed by atoms with Gasteiger partial charge in [0.15, 0.2) is 0 Å². The second-order valence-electron chi connectivity index (χ2n) is 5.69. The number of hydrogen-bond acceptors (Lipinski definition) is 4. The maximum Gasteiger partial charge on any atom is 0.240 e. The molecule has 0 aromatic carbocycles. The van der Waals surface area contributed by atoms with Crippen LogP contribution in [0.2, 0.25) is 0 Å². The second-order valence-corrected chi connectivity index (χ2v) is 7.55. The topological polar surface area (TPSA) is 58.4 Å². The number of hydrogen-bond donors (Lipinski definition) is 2. The molecule has 2 heterocycles. The van der Waals surface area contributed by atoms with Crippen LogP contribution in [0.25, 0.3) is 0 Å². The summed E-state index contributed by atoms with van der Waals surface area (Å²) in [6.07, 6.45) is 0.883. The Kier molecular flexibility index (Phi) is 4.89. The molecule has 1 aliphatic rings. The van der Waals surface area contributed by atoms with E-state index in [-0.39, 0.29) is 18.0 Å². The van der Waals surface area contributed by atoms with Crippen LogP contribution in [-0.4, -0.2) is 35.5 Å². The lowest BCUT2D eigenvalue weighted by atomic mass is 9.92. The summed E-state index contributed by atoms with van der Waals surface area (Å²) in [5, 5.41) is 5.01. The predicted octanol–water partition coefficient (Wildman–Crippen LogP) is 2.50. The summed E-state index contributed by atoms with van der Waals surface area (Å²) in [7, 11) is 0. The Hall–Kier alpha value is -0.430. The predicted molar refractivity (Wildman–Crippen MR) is 86.8 cm³/mol. The van der Waals surface area contributed by atoms with Gasteiger partial charge < -0.3 is 11.1 Å². The van der Waals surface area contributed by atoms with E-state index in [1.165, 1.54) is 4.88 Å². The van der Waals surface area contributed by atoms with Gasteiger partial charge in [-0.1, -0.05) is 6.92 Å². The molecule has 0 aliphatic carbocycles. The van der Waals surface area contributed by atoms with Crippen LogP contribution in [0, 0.1) is 0 Å². The molecular formula is C14H22BrN3OS. The van der Waals surface area contributed by atoms with Crippen molar-refractivity contribution in [3.63, 3.8) is 0 Å². The van der Waals surface area contributed by atoms with Crippen LogP contribution in [0.3, 0.4) is 0 Å². The quantitative estimate of drug-likeness (QED) is 0.868. The number of nitrogens with one attached hydrogen (secondary N) is 1. The Bertz CT molecular complexity index is 489. The molecular weight excluding hydrogens is 338 g/mol. The van der Waals surface area contributed by atoms with Crippen LogP contribution in [0.5, 0.6) is 0 Å². The fraction of sp³-hybridized carbons (Fsp3) is 0.643. The van der Waals surface area contributed by atoms with Crippen molar-refractivity contribution in [3.8, 4) is 0 Å². The number of rotatable bonds is 4. The fourth-order valence-corrected chi connectivity index (χ4v) is 4.34. The van der Waals surface area contributed by atoms with Crippen molar-refractivity contribution in [2.24, 2.45) is 5.73 Å². The van der Waals surface area contributed by atoms with E-state index in [2.05, 4.69) is 44.5 Å². The van der Waals surface area contributed by atoms with Crippen LogP contribution in [-0.2, 0) is 4.79 Å². The van der Waals surface area contributed by atoms with E-state index in [4.69, 9.17) is 5.73 Å². The normalized spacial score (nSPS) is 22.4. The van der Waals surface area contributed by atoms with E-state index >= 15 is 0 Å². The fourth-order valence-electron chi connectivity index (χ4n) is 2.71. The van der Waals surface area contributed by atoms with Crippen LogP contribution in [0.1, 0.15) is 38.1 Å². The number of halogens is 1. The zero-order valence-electron chi connectivity index (χ0n) is 12.1. The molecule has 1 aliphatic heterocycles. The van der Waals surface area contributed by atoms with Gasteiger partial charge >= 0.3 is 0 Å². The van der Waals surface area contributed by atoms with Crippen LogP contribution in [0.4, 0.5) is 0 Å². The minimum absolute atomic E-state index is 0.0192. The van der Waals surface area contributed by atoms with Crippen molar-refractivity contribution < 1.29 is 4.79 Å². The molecule has 20 heavy (non-hydrogen) atoms. The zero-order valence-corrected chi connectivity index (χ0v) is 14.6. The first-order chi connectivity index (χ1) is 9.37. The van der Waals surface area contributed by atoms with Crippen molar-refractivity contribution >= 4 is 33.2 Å². The van der Waals surface area contributed by atoms with Gasteiger partial charge in [-0.15, -0.1) is 11.3 Å². The average Bonchev–Trinajstić information content (AvgIpc) is 2.81. The lowest BCUT2D eigenvalue weighted by Crippen LogP contribution is -2.64. The maximum absolute atomic E-state index is 12.2. The number of amides is 1. The first kappa shape index (κ1) is 15.9. The molecule has 1 fully saturated rings. The average molecular weight is 360 g/mol. The van der Waals surface area contributed by atoms with E-state index < -0.39 is 5.54 Å². The van der Waals surface area contributed by atoms with Gasteiger partial charge in [-0.2, -0.15) is 0 Å². The molecule has 3 N–H and O–H groups in total. The third kappa shape index (κ3) is 2.93. The van der Waals surface area contributed by atoms with E-state index in [0.29, 0.717) is 6.54 Å². The summed E-state index contributed by atoms with van der Waals surface area (Å²) in [6.45, 7) is 7.55. The molecule has 0 radical (unpaired) electrons. The lowest BCUT2D eigenvalue weighted by molar-refractivity contribution is -0.137. The molecule has 2 rings (SSSR count). The molecule has 2 unspecified atom stereocenters. The number of carbonyl (C=O) groups is 1. The minimum atomic E-state index is -0.536. The highest BCUT2D eigenvalue weighted by Gasteiger charge is 2.43. The number of nitrogens with two attached hydrogens (primary N) is 1. The van der Waals surface area contributed by atoms with Crippen molar-refractivity contribution in [2.75, 3.05) is 13.1 Å².